The van der Waals surface area contributed by atoms with E-state index in [9.17, 15) is 18.0 Å². The summed E-state index contributed by atoms with van der Waals surface area (Å²) in [6.07, 6.45) is 1.54. The zero-order chi connectivity index (χ0) is 16.0. The molecule has 0 fully saturated rings. The van der Waals surface area contributed by atoms with Crippen molar-refractivity contribution in [2.45, 2.75) is 12.8 Å². The van der Waals surface area contributed by atoms with Gasteiger partial charge in [-0.05, 0) is 24.6 Å². The van der Waals surface area contributed by atoms with Gasteiger partial charge in [-0.3, -0.25) is 14.3 Å². The average Bonchev–Trinajstić information content (AvgIpc) is 2.34. The van der Waals surface area contributed by atoms with Gasteiger partial charge in [0.15, 0.2) is 0 Å². The van der Waals surface area contributed by atoms with Crippen LogP contribution in [-0.2, 0) is 14.8 Å². The van der Waals surface area contributed by atoms with Crippen molar-refractivity contribution in [1.29, 1.82) is 0 Å². The Morgan fingerprint density at radius 2 is 2.00 bits per heavy atom. The maximum atomic E-state index is 12.0. The molecule has 0 spiro atoms. The molecule has 0 aromatic heterocycles. The molecule has 0 heterocycles. The first-order valence-electron chi connectivity index (χ1n) is 6.03. The Bertz CT molecular complexity index is 646. The predicted octanol–water partition coefficient (Wildman–Crippen LogP) is 0.707. The van der Waals surface area contributed by atoms with E-state index in [1.54, 1.807) is 0 Å². The van der Waals surface area contributed by atoms with Crippen LogP contribution in [0.5, 0.6) is 0 Å². The summed E-state index contributed by atoms with van der Waals surface area (Å²) in [6.45, 7) is 0.243. The summed E-state index contributed by atoms with van der Waals surface area (Å²) in [7, 11) is -3.52. The molecule has 1 aromatic rings. The molecule has 0 aliphatic carbocycles. The van der Waals surface area contributed by atoms with E-state index < -0.39 is 21.8 Å². The number of benzene rings is 1. The molecule has 1 aromatic carbocycles. The van der Waals surface area contributed by atoms with Crippen LogP contribution in [0.1, 0.15) is 23.2 Å². The molecule has 0 aliphatic rings. The van der Waals surface area contributed by atoms with Crippen molar-refractivity contribution in [3.63, 3.8) is 0 Å². The van der Waals surface area contributed by atoms with E-state index in [2.05, 4.69) is 10.0 Å². The second kappa shape index (κ2) is 7.28. The monoisotopic (exact) mass is 333 g/mol. The van der Waals surface area contributed by atoms with Crippen molar-refractivity contribution in [3.05, 3.63) is 28.8 Å². The van der Waals surface area contributed by atoms with Gasteiger partial charge in [0.2, 0.25) is 15.9 Å². The first-order valence-corrected chi connectivity index (χ1v) is 8.30. The Labute approximate surface area is 127 Å². The van der Waals surface area contributed by atoms with Gasteiger partial charge in [0.05, 0.1) is 17.5 Å². The van der Waals surface area contributed by atoms with Gasteiger partial charge in [0.1, 0.15) is 0 Å². The van der Waals surface area contributed by atoms with Crippen LogP contribution in [0.25, 0.3) is 0 Å². The number of rotatable bonds is 7. The zero-order valence-corrected chi connectivity index (χ0v) is 12.9. The van der Waals surface area contributed by atoms with Gasteiger partial charge < -0.3 is 11.1 Å². The van der Waals surface area contributed by atoms with E-state index in [0.29, 0.717) is 11.4 Å². The third kappa shape index (κ3) is 6.46. The van der Waals surface area contributed by atoms with Crippen LogP contribution in [0.4, 0.5) is 5.69 Å². The average molecular weight is 334 g/mol. The lowest BCUT2D eigenvalue weighted by Crippen LogP contribution is -2.27. The van der Waals surface area contributed by atoms with Gasteiger partial charge in [-0.25, -0.2) is 8.42 Å². The van der Waals surface area contributed by atoms with E-state index >= 15 is 0 Å². The number of carbonyl (C=O) groups excluding carboxylic acids is 2. The van der Waals surface area contributed by atoms with Crippen molar-refractivity contribution in [2.75, 3.05) is 17.5 Å². The van der Waals surface area contributed by atoms with Gasteiger partial charge in [-0.1, -0.05) is 11.6 Å². The number of nitrogens with one attached hydrogen (secondary N) is 2. The van der Waals surface area contributed by atoms with E-state index in [1.165, 1.54) is 18.2 Å². The summed E-state index contributed by atoms with van der Waals surface area (Å²) in [5.41, 5.74) is 5.23. The highest BCUT2D eigenvalue weighted by atomic mass is 35.5. The summed E-state index contributed by atoms with van der Waals surface area (Å²) >= 11 is 5.82. The van der Waals surface area contributed by atoms with Crippen LogP contribution < -0.4 is 15.8 Å². The summed E-state index contributed by atoms with van der Waals surface area (Å²) in [5, 5.41) is 2.87. The van der Waals surface area contributed by atoms with Gasteiger partial charge in [0.25, 0.3) is 5.91 Å². The molecule has 0 saturated carbocycles. The number of amides is 2. The van der Waals surface area contributed by atoms with Gasteiger partial charge in [0, 0.05) is 18.0 Å². The molecule has 116 valence electrons. The van der Waals surface area contributed by atoms with Crippen LogP contribution in [0.2, 0.25) is 5.02 Å². The van der Waals surface area contributed by atoms with Crippen LogP contribution >= 0.6 is 11.6 Å². The third-order valence-electron chi connectivity index (χ3n) is 2.41. The predicted molar refractivity (Wildman–Crippen MR) is 80.7 cm³/mol. The number of primary amides is 1. The first-order chi connectivity index (χ1) is 9.69. The molecule has 0 unspecified atom stereocenters. The van der Waals surface area contributed by atoms with E-state index in [1.807, 2.05) is 0 Å². The van der Waals surface area contributed by atoms with E-state index in [0.717, 1.165) is 6.26 Å². The molecule has 0 saturated heterocycles. The fraction of sp³-hybridized carbons (Fsp3) is 0.333. The molecule has 9 heteroatoms. The van der Waals surface area contributed by atoms with Crippen LogP contribution in [-0.4, -0.2) is 33.0 Å². The molecule has 0 aliphatic heterocycles. The Morgan fingerprint density at radius 3 is 2.57 bits per heavy atom. The van der Waals surface area contributed by atoms with E-state index in [4.69, 9.17) is 17.3 Å². The minimum Gasteiger partial charge on any atom is -0.370 e. The van der Waals surface area contributed by atoms with Crippen LogP contribution in [0.15, 0.2) is 18.2 Å². The number of sulfonamides is 1. The first kappa shape index (κ1) is 17.3. The van der Waals surface area contributed by atoms with Crippen molar-refractivity contribution in [1.82, 2.24) is 5.32 Å². The maximum Gasteiger partial charge on any atom is 0.253 e. The molecule has 0 bridgehead atoms. The van der Waals surface area contributed by atoms with Crippen molar-refractivity contribution in [2.24, 2.45) is 5.73 Å². The topological polar surface area (TPSA) is 118 Å². The fourth-order valence-corrected chi connectivity index (χ4v) is 2.30. The lowest BCUT2D eigenvalue weighted by molar-refractivity contribution is -0.118. The highest BCUT2D eigenvalue weighted by Gasteiger charge is 2.14. The second-order valence-electron chi connectivity index (χ2n) is 4.39. The van der Waals surface area contributed by atoms with E-state index in [-0.39, 0.29) is 24.2 Å². The number of hydrogen-bond acceptors (Lipinski definition) is 4. The van der Waals surface area contributed by atoms with Gasteiger partial charge >= 0.3 is 0 Å². The highest BCUT2D eigenvalue weighted by Crippen LogP contribution is 2.21. The van der Waals surface area contributed by atoms with Crippen molar-refractivity contribution < 1.29 is 18.0 Å². The molecule has 0 radical (unpaired) electrons. The number of hydrogen-bond donors (Lipinski definition) is 3. The summed E-state index contributed by atoms with van der Waals surface area (Å²) in [6, 6.07) is 4.24. The Balaban J connectivity index is 2.82. The molecule has 0 atom stereocenters. The standard InChI is InChI=1S/C12H16ClN3O4S/c1-21(19,20)16-10-5-4-8(13)7-9(10)12(18)15-6-2-3-11(14)17/h4-5,7,16H,2-3,6H2,1H3,(H2,14,17)(H,15,18). The smallest absolute Gasteiger partial charge is 0.253 e. The minimum atomic E-state index is -3.52. The van der Waals surface area contributed by atoms with Crippen LogP contribution in [0.3, 0.4) is 0 Å². The molecule has 4 N–H and O–H groups in total. The quantitative estimate of drug-likeness (QED) is 0.636. The van der Waals surface area contributed by atoms with Crippen molar-refractivity contribution in [3.8, 4) is 0 Å². The van der Waals surface area contributed by atoms with Crippen LogP contribution in [0, 0.1) is 0 Å². The normalized spacial score (nSPS) is 11.0. The summed E-state index contributed by atoms with van der Waals surface area (Å²) in [4.78, 5) is 22.6. The number of carbonyl (C=O) groups is 2. The second-order valence-corrected chi connectivity index (χ2v) is 6.57. The molecule has 1 rings (SSSR count). The largest absolute Gasteiger partial charge is 0.370 e. The summed E-state index contributed by atoms with van der Waals surface area (Å²) < 4.78 is 24.8. The lowest BCUT2D eigenvalue weighted by Gasteiger charge is -2.11. The Kier molecular flexibility index (Phi) is 5.98. The number of nitrogens with two attached hydrogens (primary N) is 1. The molecule has 21 heavy (non-hydrogen) atoms. The summed E-state index contributed by atoms with van der Waals surface area (Å²) in [5.74, 6) is -0.945. The number of halogens is 1. The molecule has 2 amide bonds. The third-order valence-corrected chi connectivity index (χ3v) is 3.23. The highest BCUT2D eigenvalue weighted by molar-refractivity contribution is 7.92. The molecule has 7 nitrogen and oxygen atoms in total. The zero-order valence-electron chi connectivity index (χ0n) is 11.3. The maximum absolute atomic E-state index is 12.0. The lowest BCUT2D eigenvalue weighted by atomic mass is 10.1. The Morgan fingerprint density at radius 1 is 1.33 bits per heavy atom. The van der Waals surface area contributed by atoms with Gasteiger partial charge in [-0.15, -0.1) is 0 Å². The fourth-order valence-electron chi connectivity index (χ4n) is 1.55. The minimum absolute atomic E-state index is 0.104. The van der Waals surface area contributed by atoms with Crippen molar-refractivity contribution >= 4 is 39.1 Å². The molecular formula is C12H16ClN3O4S. The molecular weight excluding hydrogens is 318 g/mol. The van der Waals surface area contributed by atoms with Gasteiger partial charge in [-0.2, -0.15) is 0 Å². The SMILES string of the molecule is CS(=O)(=O)Nc1ccc(Cl)cc1C(=O)NCCCC(N)=O. The Hall–Kier alpha value is -1.80. The number of anilines is 1.